The van der Waals surface area contributed by atoms with E-state index in [0.717, 1.165) is 50.7 Å². The van der Waals surface area contributed by atoms with E-state index in [1.165, 1.54) is 11.3 Å². The third-order valence-electron chi connectivity index (χ3n) is 5.80. The number of nitrogens with zero attached hydrogens (tertiary/aromatic N) is 5. The van der Waals surface area contributed by atoms with Crippen LogP contribution in [0.25, 0.3) is 0 Å². The Kier molecular flexibility index (Phi) is 8.73. The molecule has 1 saturated heterocycles. The van der Waals surface area contributed by atoms with Crippen LogP contribution >= 0.6 is 22.9 Å². The van der Waals surface area contributed by atoms with E-state index >= 15 is 0 Å². The van der Waals surface area contributed by atoms with Crippen LogP contribution in [0.5, 0.6) is 0 Å². The number of nitrogens with one attached hydrogen (secondary N) is 2. The number of anilines is 4. The maximum atomic E-state index is 12.8. The Morgan fingerprint density at radius 3 is 2.69 bits per heavy atom. The lowest BCUT2D eigenvalue weighted by atomic mass is 10.2. The molecule has 0 radical (unpaired) electrons. The first-order valence-corrected chi connectivity index (χ1v) is 13.2. The van der Waals surface area contributed by atoms with Crippen LogP contribution in [0.15, 0.2) is 30.5 Å². The van der Waals surface area contributed by atoms with Gasteiger partial charge in [-0.2, -0.15) is 0 Å². The smallest absolute Gasteiger partial charge is 0.267 e. The number of benzene rings is 1. The Balaban J connectivity index is 1.37. The van der Waals surface area contributed by atoms with Gasteiger partial charge < -0.3 is 20.3 Å². The van der Waals surface area contributed by atoms with Crippen molar-refractivity contribution < 1.29 is 9.53 Å². The number of aromatic nitrogens is 3. The van der Waals surface area contributed by atoms with Crippen LogP contribution in [0.1, 0.15) is 34.9 Å². The number of carbonyl (C=O) groups is 1. The highest BCUT2D eigenvalue weighted by Crippen LogP contribution is 2.28. The van der Waals surface area contributed by atoms with Crippen molar-refractivity contribution in [3.63, 3.8) is 0 Å². The Hall–Kier alpha value is -2.79. The summed E-state index contributed by atoms with van der Waals surface area (Å²) >= 11 is 7.50. The van der Waals surface area contributed by atoms with Crippen molar-refractivity contribution in [2.75, 3.05) is 54.9 Å². The standard InChI is InChI=1S/C25H32ClN7O2S/c1-16(2)35-13-12-32-8-10-33(11-9-32)22-14-21(28-18(4)29-22)30-25-27-15-20(36-25)24(34)31-23-17(3)6-5-7-19(23)26/h5-7,14-16H,8-13H2,1-4H3,(H,31,34)(H,27,28,29,30). The van der Waals surface area contributed by atoms with E-state index in [0.29, 0.717) is 32.4 Å². The quantitative estimate of drug-likeness (QED) is 0.410. The minimum Gasteiger partial charge on any atom is -0.377 e. The van der Waals surface area contributed by atoms with Gasteiger partial charge in [-0.15, -0.1) is 0 Å². The lowest BCUT2D eigenvalue weighted by Crippen LogP contribution is -2.47. The number of hydrogen-bond donors (Lipinski definition) is 2. The SMILES string of the molecule is Cc1nc(Nc2ncc(C(=O)Nc3c(C)cccc3Cl)s2)cc(N2CCN(CCOC(C)C)CC2)n1. The van der Waals surface area contributed by atoms with Gasteiger partial charge in [-0.05, 0) is 39.3 Å². The fraction of sp³-hybridized carbons (Fsp3) is 0.440. The Morgan fingerprint density at radius 2 is 1.97 bits per heavy atom. The maximum Gasteiger partial charge on any atom is 0.267 e. The van der Waals surface area contributed by atoms with Gasteiger partial charge in [-0.3, -0.25) is 9.69 Å². The van der Waals surface area contributed by atoms with Crippen molar-refractivity contribution in [3.8, 4) is 0 Å². The molecule has 4 rings (SSSR count). The molecule has 1 fully saturated rings. The summed E-state index contributed by atoms with van der Waals surface area (Å²) in [5.41, 5.74) is 1.50. The lowest BCUT2D eigenvalue weighted by molar-refractivity contribution is 0.0578. The summed E-state index contributed by atoms with van der Waals surface area (Å²) in [6.07, 6.45) is 1.81. The molecule has 0 saturated carbocycles. The van der Waals surface area contributed by atoms with Crippen LogP contribution < -0.4 is 15.5 Å². The van der Waals surface area contributed by atoms with Crippen molar-refractivity contribution >= 4 is 51.3 Å². The molecule has 0 unspecified atom stereocenters. The molecule has 1 aliphatic heterocycles. The van der Waals surface area contributed by atoms with E-state index in [4.69, 9.17) is 16.3 Å². The van der Waals surface area contributed by atoms with Crippen LogP contribution in [0, 0.1) is 13.8 Å². The zero-order valence-corrected chi connectivity index (χ0v) is 22.6. The zero-order valence-electron chi connectivity index (χ0n) is 21.0. The Morgan fingerprint density at radius 1 is 1.19 bits per heavy atom. The van der Waals surface area contributed by atoms with E-state index < -0.39 is 0 Å². The third kappa shape index (κ3) is 6.91. The molecular weight excluding hydrogens is 498 g/mol. The number of amides is 1. The van der Waals surface area contributed by atoms with Crippen molar-refractivity contribution in [1.29, 1.82) is 0 Å². The second-order valence-electron chi connectivity index (χ2n) is 8.95. The number of aryl methyl sites for hydroxylation is 2. The van der Waals surface area contributed by atoms with Gasteiger partial charge in [0.2, 0.25) is 0 Å². The van der Waals surface area contributed by atoms with Crippen LogP contribution in [0.3, 0.4) is 0 Å². The monoisotopic (exact) mass is 529 g/mol. The minimum absolute atomic E-state index is 0.257. The molecule has 1 amide bonds. The molecule has 192 valence electrons. The van der Waals surface area contributed by atoms with Gasteiger partial charge in [0, 0.05) is 38.8 Å². The van der Waals surface area contributed by atoms with Crippen molar-refractivity contribution in [2.24, 2.45) is 0 Å². The number of para-hydroxylation sites is 1. The predicted octanol–water partition coefficient (Wildman–Crippen LogP) is 4.75. The van der Waals surface area contributed by atoms with E-state index in [2.05, 4.69) is 49.2 Å². The average Bonchev–Trinajstić information content (AvgIpc) is 3.30. The third-order valence-corrected chi connectivity index (χ3v) is 7.03. The molecule has 3 heterocycles. The van der Waals surface area contributed by atoms with Crippen molar-refractivity contribution in [2.45, 2.75) is 33.8 Å². The number of piperazine rings is 1. The second-order valence-corrected chi connectivity index (χ2v) is 10.4. The fourth-order valence-electron chi connectivity index (χ4n) is 3.91. The zero-order chi connectivity index (χ0) is 25.7. The number of thiazole rings is 1. The van der Waals surface area contributed by atoms with Crippen LogP contribution in [0.2, 0.25) is 5.02 Å². The van der Waals surface area contributed by atoms with Crippen LogP contribution in [0.4, 0.5) is 22.5 Å². The normalized spacial score (nSPS) is 14.3. The second kappa shape index (κ2) is 12.0. The Bertz CT molecular complexity index is 1170. The first-order chi connectivity index (χ1) is 17.3. The molecule has 0 spiro atoms. The molecule has 2 aromatic heterocycles. The number of halogens is 1. The van der Waals surface area contributed by atoms with E-state index in [-0.39, 0.29) is 12.0 Å². The minimum atomic E-state index is -0.257. The number of hydrogen-bond acceptors (Lipinski definition) is 9. The highest BCUT2D eigenvalue weighted by molar-refractivity contribution is 7.17. The summed E-state index contributed by atoms with van der Waals surface area (Å²) in [5, 5.41) is 7.19. The van der Waals surface area contributed by atoms with E-state index in [1.807, 2.05) is 32.0 Å². The molecule has 2 N–H and O–H groups in total. The molecule has 0 bridgehead atoms. The molecule has 1 aliphatic rings. The summed E-state index contributed by atoms with van der Waals surface area (Å²) < 4.78 is 5.68. The fourth-order valence-corrected chi connectivity index (χ4v) is 4.90. The summed E-state index contributed by atoms with van der Waals surface area (Å²) in [6.45, 7) is 13.3. The highest BCUT2D eigenvalue weighted by atomic mass is 35.5. The largest absolute Gasteiger partial charge is 0.377 e. The summed E-state index contributed by atoms with van der Waals surface area (Å²) in [6, 6.07) is 7.43. The van der Waals surface area contributed by atoms with Gasteiger partial charge >= 0.3 is 0 Å². The first-order valence-electron chi connectivity index (χ1n) is 12.0. The summed E-state index contributed by atoms with van der Waals surface area (Å²) in [4.78, 5) is 31.4. The van der Waals surface area contributed by atoms with Crippen LogP contribution in [-0.2, 0) is 4.74 Å². The van der Waals surface area contributed by atoms with Gasteiger partial charge in [0.05, 0.1) is 29.6 Å². The maximum absolute atomic E-state index is 12.8. The van der Waals surface area contributed by atoms with Gasteiger partial charge in [-0.25, -0.2) is 15.0 Å². The van der Waals surface area contributed by atoms with E-state index in [1.54, 1.807) is 12.3 Å². The first kappa shape index (κ1) is 26.3. The summed E-state index contributed by atoms with van der Waals surface area (Å²) in [7, 11) is 0. The van der Waals surface area contributed by atoms with Crippen LogP contribution in [-0.4, -0.2) is 71.2 Å². The average molecular weight is 530 g/mol. The molecule has 36 heavy (non-hydrogen) atoms. The number of carbonyl (C=O) groups excluding carboxylic acids is 1. The molecule has 3 aromatic rings. The molecule has 0 atom stereocenters. The van der Waals surface area contributed by atoms with Gasteiger partial charge in [-0.1, -0.05) is 35.1 Å². The number of rotatable bonds is 9. The van der Waals surface area contributed by atoms with Crippen molar-refractivity contribution in [3.05, 3.63) is 51.7 Å². The molecular formula is C25H32ClN7O2S. The van der Waals surface area contributed by atoms with Gasteiger partial charge in [0.15, 0.2) is 5.13 Å². The highest BCUT2D eigenvalue weighted by Gasteiger charge is 2.20. The number of ether oxygens (including phenoxy) is 1. The van der Waals surface area contributed by atoms with Crippen molar-refractivity contribution in [1.82, 2.24) is 19.9 Å². The van der Waals surface area contributed by atoms with E-state index in [9.17, 15) is 4.79 Å². The Labute approximate surface area is 220 Å². The molecule has 9 nitrogen and oxygen atoms in total. The molecule has 1 aromatic carbocycles. The topological polar surface area (TPSA) is 95.5 Å². The molecule has 11 heteroatoms. The lowest BCUT2D eigenvalue weighted by Gasteiger charge is -2.35. The predicted molar refractivity (Wildman–Crippen MR) is 146 cm³/mol. The molecule has 0 aliphatic carbocycles. The van der Waals surface area contributed by atoms with Gasteiger partial charge in [0.1, 0.15) is 22.3 Å². The summed E-state index contributed by atoms with van der Waals surface area (Å²) in [5.74, 6) is 1.94. The van der Waals surface area contributed by atoms with Gasteiger partial charge in [0.25, 0.3) is 5.91 Å².